The first-order valence-electron chi connectivity index (χ1n) is 7.36. The molecular weight excluding hydrogens is 228 g/mol. The van der Waals surface area contributed by atoms with E-state index in [2.05, 4.69) is 12.2 Å². The van der Waals surface area contributed by atoms with Crippen molar-refractivity contribution in [1.29, 1.82) is 0 Å². The molecule has 1 amide bonds. The number of carbonyl (C=O) groups excluding carboxylic acids is 1. The normalized spacial score (nSPS) is 19.8. The second-order valence-electron chi connectivity index (χ2n) is 4.88. The molecule has 0 radical (unpaired) electrons. The van der Waals surface area contributed by atoms with Gasteiger partial charge in [-0.1, -0.05) is 6.42 Å². The van der Waals surface area contributed by atoms with Gasteiger partial charge in [-0.15, -0.1) is 0 Å². The molecule has 0 aliphatic carbocycles. The smallest absolute Gasteiger partial charge is 0.222 e. The van der Waals surface area contributed by atoms with Crippen molar-refractivity contribution in [3.8, 4) is 0 Å². The number of amides is 1. The molecule has 18 heavy (non-hydrogen) atoms. The van der Waals surface area contributed by atoms with E-state index in [4.69, 9.17) is 4.74 Å². The molecule has 1 fully saturated rings. The lowest BCUT2D eigenvalue weighted by Gasteiger charge is -2.30. The maximum Gasteiger partial charge on any atom is 0.222 e. The molecule has 1 atom stereocenters. The molecule has 0 spiro atoms. The topological polar surface area (TPSA) is 41.6 Å². The largest absolute Gasteiger partial charge is 0.382 e. The van der Waals surface area contributed by atoms with Gasteiger partial charge in [-0.05, 0) is 39.7 Å². The van der Waals surface area contributed by atoms with E-state index >= 15 is 0 Å². The third kappa shape index (κ3) is 5.83. The van der Waals surface area contributed by atoms with Crippen LogP contribution >= 0.6 is 0 Å². The van der Waals surface area contributed by atoms with Crippen molar-refractivity contribution in [2.45, 2.75) is 52.0 Å². The number of nitrogens with one attached hydrogen (secondary N) is 1. The fourth-order valence-corrected chi connectivity index (χ4v) is 2.38. The Bertz CT molecular complexity index is 228. The summed E-state index contributed by atoms with van der Waals surface area (Å²) in [6.07, 6.45) is 5.20. The summed E-state index contributed by atoms with van der Waals surface area (Å²) in [6, 6.07) is 0.495. The lowest BCUT2D eigenvalue weighted by Crippen LogP contribution is -2.45. The van der Waals surface area contributed by atoms with E-state index in [-0.39, 0.29) is 5.91 Å². The molecule has 0 aromatic heterocycles. The number of ether oxygens (including phenoxy) is 1. The number of likely N-dealkylation sites (N-methyl/N-ethyl adjacent to an activating group) is 1. The summed E-state index contributed by atoms with van der Waals surface area (Å²) in [5, 5.41) is 3.50. The van der Waals surface area contributed by atoms with E-state index in [0.717, 1.165) is 32.7 Å². The highest BCUT2D eigenvalue weighted by Gasteiger charge is 2.18. The standard InChI is InChI=1S/C14H28N2O2/c1-3-16(12-13-8-5-6-10-15-13)14(17)9-7-11-18-4-2/h13,15H,3-12H2,1-2H3. The van der Waals surface area contributed by atoms with E-state index in [9.17, 15) is 4.79 Å². The highest BCUT2D eigenvalue weighted by molar-refractivity contribution is 5.76. The first kappa shape index (κ1) is 15.4. The first-order valence-corrected chi connectivity index (χ1v) is 7.36. The number of rotatable bonds is 8. The van der Waals surface area contributed by atoms with Gasteiger partial charge in [-0.2, -0.15) is 0 Å². The molecule has 1 rings (SSSR count). The summed E-state index contributed by atoms with van der Waals surface area (Å²) >= 11 is 0. The van der Waals surface area contributed by atoms with Gasteiger partial charge in [0.15, 0.2) is 0 Å². The number of piperidine rings is 1. The second kappa shape index (κ2) is 9.34. The van der Waals surface area contributed by atoms with Gasteiger partial charge in [0.05, 0.1) is 0 Å². The van der Waals surface area contributed by atoms with Gasteiger partial charge in [0.1, 0.15) is 0 Å². The third-order valence-electron chi connectivity index (χ3n) is 3.47. The molecular formula is C14H28N2O2. The molecule has 0 bridgehead atoms. The average molecular weight is 256 g/mol. The van der Waals surface area contributed by atoms with Crippen molar-refractivity contribution < 1.29 is 9.53 Å². The van der Waals surface area contributed by atoms with Crippen LogP contribution in [-0.4, -0.2) is 49.7 Å². The summed E-state index contributed by atoms with van der Waals surface area (Å²) in [5.41, 5.74) is 0. The van der Waals surface area contributed by atoms with Crippen LogP contribution in [0.1, 0.15) is 46.0 Å². The zero-order chi connectivity index (χ0) is 13.2. The average Bonchev–Trinajstić information content (AvgIpc) is 2.42. The first-order chi connectivity index (χ1) is 8.77. The summed E-state index contributed by atoms with van der Waals surface area (Å²) < 4.78 is 5.26. The van der Waals surface area contributed by atoms with E-state index < -0.39 is 0 Å². The van der Waals surface area contributed by atoms with E-state index in [0.29, 0.717) is 19.1 Å². The van der Waals surface area contributed by atoms with Crippen LogP contribution in [0.15, 0.2) is 0 Å². The fraction of sp³-hybridized carbons (Fsp3) is 0.929. The Hall–Kier alpha value is -0.610. The number of carbonyl (C=O) groups is 1. The Morgan fingerprint density at radius 1 is 1.39 bits per heavy atom. The maximum atomic E-state index is 12.1. The maximum absolute atomic E-state index is 12.1. The van der Waals surface area contributed by atoms with Gasteiger partial charge in [0.2, 0.25) is 5.91 Å². The summed E-state index contributed by atoms with van der Waals surface area (Å²) in [7, 11) is 0. The lowest BCUT2D eigenvalue weighted by atomic mass is 10.0. The van der Waals surface area contributed by atoms with Crippen LogP contribution in [0, 0.1) is 0 Å². The number of hydrogen-bond donors (Lipinski definition) is 1. The van der Waals surface area contributed by atoms with Crippen molar-refractivity contribution in [1.82, 2.24) is 10.2 Å². The van der Waals surface area contributed by atoms with Crippen LogP contribution in [-0.2, 0) is 9.53 Å². The minimum atomic E-state index is 0.268. The molecule has 106 valence electrons. The molecule has 1 N–H and O–H groups in total. The van der Waals surface area contributed by atoms with Crippen molar-refractivity contribution in [3.63, 3.8) is 0 Å². The molecule has 1 unspecified atom stereocenters. The Kier molecular flexibility index (Phi) is 8.01. The van der Waals surface area contributed by atoms with Gasteiger partial charge >= 0.3 is 0 Å². The highest BCUT2D eigenvalue weighted by Crippen LogP contribution is 2.09. The minimum absolute atomic E-state index is 0.268. The summed E-state index contributed by atoms with van der Waals surface area (Å²) in [6.45, 7) is 8.24. The molecule has 4 nitrogen and oxygen atoms in total. The van der Waals surface area contributed by atoms with Crippen LogP contribution in [0.4, 0.5) is 0 Å². The number of nitrogens with zero attached hydrogens (tertiary/aromatic N) is 1. The molecule has 1 heterocycles. The van der Waals surface area contributed by atoms with Gasteiger partial charge in [-0.25, -0.2) is 0 Å². The zero-order valence-electron chi connectivity index (χ0n) is 11.9. The van der Waals surface area contributed by atoms with Crippen LogP contribution in [0.25, 0.3) is 0 Å². The van der Waals surface area contributed by atoms with Crippen LogP contribution < -0.4 is 5.32 Å². The van der Waals surface area contributed by atoms with Crippen molar-refractivity contribution in [2.24, 2.45) is 0 Å². The predicted octanol–water partition coefficient (Wildman–Crippen LogP) is 1.79. The number of hydrogen-bond acceptors (Lipinski definition) is 3. The van der Waals surface area contributed by atoms with Gasteiger partial charge < -0.3 is 15.0 Å². The molecule has 1 aliphatic rings. The molecule has 0 aromatic carbocycles. The fourth-order valence-electron chi connectivity index (χ4n) is 2.38. The van der Waals surface area contributed by atoms with Crippen LogP contribution in [0.5, 0.6) is 0 Å². The highest BCUT2D eigenvalue weighted by atomic mass is 16.5. The van der Waals surface area contributed by atoms with Gasteiger partial charge in [0.25, 0.3) is 0 Å². The van der Waals surface area contributed by atoms with Crippen molar-refractivity contribution in [2.75, 3.05) is 32.8 Å². The molecule has 0 aromatic rings. The Morgan fingerprint density at radius 2 is 2.22 bits per heavy atom. The van der Waals surface area contributed by atoms with E-state index in [1.54, 1.807) is 0 Å². The third-order valence-corrected chi connectivity index (χ3v) is 3.47. The molecule has 0 saturated carbocycles. The van der Waals surface area contributed by atoms with E-state index in [1.807, 2.05) is 11.8 Å². The Balaban J connectivity index is 2.23. The predicted molar refractivity (Wildman–Crippen MR) is 73.6 cm³/mol. The van der Waals surface area contributed by atoms with Gasteiger partial charge in [-0.3, -0.25) is 4.79 Å². The van der Waals surface area contributed by atoms with Crippen molar-refractivity contribution >= 4 is 5.91 Å². The molecule has 1 saturated heterocycles. The Morgan fingerprint density at radius 3 is 2.83 bits per heavy atom. The minimum Gasteiger partial charge on any atom is -0.382 e. The Labute approximate surface area is 111 Å². The second-order valence-corrected chi connectivity index (χ2v) is 4.88. The van der Waals surface area contributed by atoms with Crippen LogP contribution in [0.3, 0.4) is 0 Å². The van der Waals surface area contributed by atoms with Crippen LogP contribution in [0.2, 0.25) is 0 Å². The zero-order valence-corrected chi connectivity index (χ0v) is 11.9. The monoisotopic (exact) mass is 256 g/mol. The van der Waals surface area contributed by atoms with Gasteiger partial charge in [0, 0.05) is 38.8 Å². The quantitative estimate of drug-likeness (QED) is 0.673. The van der Waals surface area contributed by atoms with Crippen molar-refractivity contribution in [3.05, 3.63) is 0 Å². The summed E-state index contributed by atoms with van der Waals surface area (Å²) in [4.78, 5) is 14.0. The molecule has 1 aliphatic heterocycles. The SMILES string of the molecule is CCOCCCC(=O)N(CC)CC1CCCCN1. The summed E-state index contributed by atoms with van der Waals surface area (Å²) in [5.74, 6) is 0.268. The molecule has 4 heteroatoms. The van der Waals surface area contributed by atoms with E-state index in [1.165, 1.54) is 19.3 Å². The lowest BCUT2D eigenvalue weighted by molar-refractivity contribution is -0.131.